The van der Waals surface area contributed by atoms with Crippen LogP contribution in [0.1, 0.15) is 5.56 Å². The lowest BCUT2D eigenvalue weighted by Gasteiger charge is -2.06. The molecule has 0 amide bonds. The lowest BCUT2D eigenvalue weighted by atomic mass is 10.4. The van der Waals surface area contributed by atoms with Gasteiger partial charge < -0.3 is 0 Å². The number of nitrogens with one attached hydrogen (secondary N) is 1. The highest BCUT2D eigenvalue weighted by molar-refractivity contribution is 9.11. The topological polar surface area (TPSA) is 87.8 Å². The SMILES string of the molecule is Cn1ncc(C#N)c1NS(=O)(=O)c1cc(Cl)c(Br)s1. The molecule has 2 aromatic rings. The van der Waals surface area contributed by atoms with E-state index in [9.17, 15) is 8.42 Å². The van der Waals surface area contributed by atoms with Gasteiger partial charge in [0.2, 0.25) is 0 Å². The van der Waals surface area contributed by atoms with Gasteiger partial charge in [0.1, 0.15) is 15.8 Å². The summed E-state index contributed by atoms with van der Waals surface area (Å²) in [6.45, 7) is 0. The van der Waals surface area contributed by atoms with Gasteiger partial charge in [-0.05, 0) is 22.0 Å². The molecule has 0 aromatic carbocycles. The van der Waals surface area contributed by atoms with E-state index in [0.717, 1.165) is 11.3 Å². The van der Waals surface area contributed by atoms with Crippen LogP contribution in [-0.2, 0) is 17.1 Å². The quantitative estimate of drug-likeness (QED) is 0.885. The highest BCUT2D eigenvalue weighted by atomic mass is 79.9. The molecule has 100 valence electrons. The minimum Gasteiger partial charge on any atom is -0.262 e. The maximum absolute atomic E-state index is 12.2. The second kappa shape index (κ2) is 5.13. The van der Waals surface area contributed by atoms with Crippen LogP contribution in [-0.4, -0.2) is 18.2 Å². The molecular weight excluding hydrogens is 376 g/mol. The van der Waals surface area contributed by atoms with Crippen molar-refractivity contribution in [3.63, 3.8) is 0 Å². The first-order valence-electron chi connectivity index (χ1n) is 4.75. The molecule has 0 bridgehead atoms. The molecule has 6 nitrogen and oxygen atoms in total. The molecule has 10 heteroatoms. The largest absolute Gasteiger partial charge is 0.272 e. The van der Waals surface area contributed by atoms with E-state index >= 15 is 0 Å². The number of nitrogens with zero attached hydrogens (tertiary/aromatic N) is 3. The van der Waals surface area contributed by atoms with E-state index in [-0.39, 0.29) is 15.6 Å². The van der Waals surface area contributed by atoms with E-state index in [1.54, 1.807) is 0 Å². The van der Waals surface area contributed by atoms with E-state index in [1.807, 2.05) is 6.07 Å². The standard InChI is InChI=1S/C9H6BrClN4O2S2/c1-15-9(5(3-12)4-13-15)14-19(16,17)7-2-6(11)8(10)18-7/h2,4,14H,1H3. The summed E-state index contributed by atoms with van der Waals surface area (Å²) in [5.41, 5.74) is 0.146. The Labute approximate surface area is 126 Å². The van der Waals surface area contributed by atoms with E-state index in [0.29, 0.717) is 8.81 Å². The van der Waals surface area contributed by atoms with Crippen molar-refractivity contribution in [2.75, 3.05) is 4.72 Å². The Bertz CT molecular complexity index is 755. The first-order chi connectivity index (χ1) is 8.85. The highest BCUT2D eigenvalue weighted by Crippen LogP contribution is 2.35. The van der Waals surface area contributed by atoms with E-state index < -0.39 is 10.0 Å². The van der Waals surface area contributed by atoms with Crippen molar-refractivity contribution in [3.05, 3.63) is 26.6 Å². The Kier molecular flexibility index (Phi) is 3.87. The molecule has 0 atom stereocenters. The first kappa shape index (κ1) is 14.3. The molecule has 19 heavy (non-hydrogen) atoms. The molecule has 2 heterocycles. The fourth-order valence-corrected chi connectivity index (χ4v) is 4.78. The van der Waals surface area contributed by atoms with E-state index in [4.69, 9.17) is 16.9 Å². The molecule has 0 aliphatic heterocycles. The van der Waals surface area contributed by atoms with Gasteiger partial charge in [-0.2, -0.15) is 10.4 Å². The van der Waals surface area contributed by atoms with Crippen LogP contribution in [0.4, 0.5) is 5.82 Å². The Morgan fingerprint density at radius 1 is 1.63 bits per heavy atom. The summed E-state index contributed by atoms with van der Waals surface area (Å²) in [6, 6.07) is 3.20. The summed E-state index contributed by atoms with van der Waals surface area (Å²) in [5.74, 6) is 0.114. The minimum absolute atomic E-state index is 0.0504. The number of nitriles is 1. The predicted molar refractivity (Wildman–Crippen MR) is 75.8 cm³/mol. The smallest absolute Gasteiger partial charge is 0.262 e. The zero-order chi connectivity index (χ0) is 14.2. The van der Waals surface area contributed by atoms with Crippen molar-refractivity contribution in [2.24, 2.45) is 7.05 Å². The number of rotatable bonds is 3. The van der Waals surface area contributed by atoms with E-state index in [1.165, 1.54) is 24.0 Å². The summed E-state index contributed by atoms with van der Waals surface area (Å²) >= 11 is 9.95. The average molecular weight is 382 g/mol. The summed E-state index contributed by atoms with van der Waals surface area (Å²) in [4.78, 5) is 0. The minimum atomic E-state index is -3.80. The summed E-state index contributed by atoms with van der Waals surface area (Å²) in [6.07, 6.45) is 1.29. The molecule has 0 aliphatic rings. The van der Waals surface area contributed by atoms with Crippen LogP contribution in [0.15, 0.2) is 20.3 Å². The fourth-order valence-electron chi connectivity index (χ4n) is 1.28. The number of sulfonamides is 1. The number of hydrogen-bond acceptors (Lipinski definition) is 5. The number of thiophene rings is 1. The van der Waals surface area contributed by atoms with Crippen LogP contribution in [0.5, 0.6) is 0 Å². The Balaban J connectivity index is 2.42. The molecule has 0 aliphatic carbocycles. The lowest BCUT2D eigenvalue weighted by Crippen LogP contribution is -2.15. The van der Waals surface area contributed by atoms with Crippen molar-refractivity contribution >= 4 is 54.7 Å². The van der Waals surface area contributed by atoms with Crippen molar-refractivity contribution in [1.29, 1.82) is 5.26 Å². The van der Waals surface area contributed by atoms with Gasteiger partial charge in [-0.25, -0.2) is 8.42 Å². The maximum atomic E-state index is 12.2. The third kappa shape index (κ3) is 2.76. The Hall–Kier alpha value is -1.08. The molecule has 2 aromatic heterocycles. The van der Waals surface area contributed by atoms with Crippen LogP contribution in [0.2, 0.25) is 5.02 Å². The molecule has 1 N–H and O–H groups in total. The van der Waals surface area contributed by atoms with Gasteiger partial charge >= 0.3 is 0 Å². The predicted octanol–water partition coefficient (Wildman–Crippen LogP) is 2.57. The second-order valence-electron chi connectivity index (χ2n) is 3.43. The molecule has 0 saturated heterocycles. The summed E-state index contributed by atoms with van der Waals surface area (Å²) in [7, 11) is -2.26. The Morgan fingerprint density at radius 3 is 2.84 bits per heavy atom. The number of aromatic nitrogens is 2. The molecule has 0 fully saturated rings. The molecule has 2 rings (SSSR count). The maximum Gasteiger partial charge on any atom is 0.272 e. The highest BCUT2D eigenvalue weighted by Gasteiger charge is 2.22. The number of anilines is 1. The molecule has 0 saturated carbocycles. The molecule has 0 spiro atoms. The molecular formula is C9H6BrClN4O2S2. The van der Waals surface area contributed by atoms with Crippen molar-refractivity contribution in [2.45, 2.75) is 4.21 Å². The first-order valence-corrected chi connectivity index (χ1v) is 8.22. The average Bonchev–Trinajstić information content (AvgIpc) is 2.85. The van der Waals surface area contributed by atoms with Gasteiger partial charge in [0.15, 0.2) is 5.82 Å². The van der Waals surface area contributed by atoms with Gasteiger partial charge in [0, 0.05) is 7.05 Å². The lowest BCUT2D eigenvalue weighted by molar-refractivity contribution is 0.602. The zero-order valence-electron chi connectivity index (χ0n) is 9.39. The van der Waals surface area contributed by atoms with E-state index in [2.05, 4.69) is 25.8 Å². The third-order valence-corrected chi connectivity index (χ3v) is 6.46. The summed E-state index contributed by atoms with van der Waals surface area (Å²) in [5, 5.41) is 13.0. The van der Waals surface area contributed by atoms with Crippen LogP contribution >= 0.6 is 38.9 Å². The fraction of sp³-hybridized carbons (Fsp3) is 0.111. The number of aryl methyl sites for hydroxylation is 1. The van der Waals surface area contributed by atoms with Gasteiger partial charge in [-0.3, -0.25) is 9.40 Å². The summed E-state index contributed by atoms with van der Waals surface area (Å²) < 4.78 is 28.5. The van der Waals surface area contributed by atoms with Crippen LogP contribution < -0.4 is 4.72 Å². The van der Waals surface area contributed by atoms with Gasteiger partial charge in [0.25, 0.3) is 10.0 Å². The Morgan fingerprint density at radius 2 is 2.32 bits per heavy atom. The van der Waals surface area contributed by atoms with Crippen molar-refractivity contribution in [1.82, 2.24) is 9.78 Å². The van der Waals surface area contributed by atoms with Gasteiger partial charge in [-0.15, -0.1) is 11.3 Å². The van der Waals surface area contributed by atoms with Crippen molar-refractivity contribution < 1.29 is 8.42 Å². The third-order valence-electron chi connectivity index (χ3n) is 2.18. The zero-order valence-corrected chi connectivity index (χ0v) is 13.4. The van der Waals surface area contributed by atoms with Crippen molar-refractivity contribution in [3.8, 4) is 6.07 Å². The number of hydrogen-bond donors (Lipinski definition) is 1. The number of halogens is 2. The molecule has 0 unspecified atom stereocenters. The normalized spacial score (nSPS) is 11.3. The molecule has 0 radical (unpaired) electrons. The van der Waals surface area contributed by atoms with Gasteiger partial charge in [-0.1, -0.05) is 11.6 Å². The van der Waals surface area contributed by atoms with Crippen LogP contribution in [0.3, 0.4) is 0 Å². The van der Waals surface area contributed by atoms with Crippen LogP contribution in [0, 0.1) is 11.3 Å². The van der Waals surface area contributed by atoms with Gasteiger partial charge in [0.05, 0.1) is 15.0 Å². The van der Waals surface area contributed by atoms with Crippen LogP contribution in [0.25, 0.3) is 0 Å². The monoisotopic (exact) mass is 380 g/mol. The second-order valence-corrected chi connectivity index (χ2v) is 8.12.